The molecule has 1 aliphatic rings. The van der Waals surface area contributed by atoms with Gasteiger partial charge in [0.1, 0.15) is 18.0 Å². The molecule has 100 valence electrons. The molecule has 1 aliphatic carbocycles. The molecular weight excluding hydrogens is 224 g/mol. The van der Waals surface area contributed by atoms with Crippen LogP contribution in [-0.2, 0) is 6.42 Å². The fourth-order valence-corrected chi connectivity index (χ4v) is 2.82. The zero-order valence-electron chi connectivity index (χ0n) is 11.7. The summed E-state index contributed by atoms with van der Waals surface area (Å²) in [5.74, 6) is 2.10. The van der Waals surface area contributed by atoms with Gasteiger partial charge in [-0.25, -0.2) is 9.97 Å². The first-order valence-corrected chi connectivity index (χ1v) is 7.08. The fourth-order valence-electron chi connectivity index (χ4n) is 2.82. The maximum Gasteiger partial charge on any atom is 0.137 e. The highest BCUT2D eigenvalue weighted by molar-refractivity contribution is 5.58. The van der Waals surface area contributed by atoms with Crippen LogP contribution in [0, 0.1) is 0 Å². The van der Waals surface area contributed by atoms with Crippen LogP contribution in [0.3, 0.4) is 0 Å². The van der Waals surface area contributed by atoms with E-state index in [1.807, 2.05) is 0 Å². The van der Waals surface area contributed by atoms with Crippen molar-refractivity contribution in [1.29, 1.82) is 0 Å². The van der Waals surface area contributed by atoms with E-state index in [-0.39, 0.29) is 0 Å². The minimum Gasteiger partial charge on any atom is -0.370 e. The lowest BCUT2D eigenvalue weighted by Crippen LogP contribution is -2.30. The highest BCUT2D eigenvalue weighted by Crippen LogP contribution is 2.30. The minimum absolute atomic E-state index is 0.652. The van der Waals surface area contributed by atoms with E-state index in [1.165, 1.54) is 31.2 Å². The van der Waals surface area contributed by atoms with Crippen molar-refractivity contribution < 1.29 is 0 Å². The molecule has 1 heterocycles. The Bertz CT molecular complexity index is 385. The third-order valence-corrected chi connectivity index (χ3v) is 3.83. The van der Waals surface area contributed by atoms with Crippen molar-refractivity contribution in [2.75, 3.05) is 23.8 Å². The van der Waals surface area contributed by atoms with Crippen molar-refractivity contribution in [2.24, 2.45) is 0 Å². The molecule has 4 heteroatoms. The standard InChI is InChI=1S/C14H24N4/c1-4-12-13(15-5-2)16-10-17-14(12)18(3)11-8-6-7-9-11/h10-11H,4-9H2,1-3H3,(H,15,16,17). The molecule has 0 amide bonds. The molecule has 18 heavy (non-hydrogen) atoms. The molecule has 0 radical (unpaired) electrons. The summed E-state index contributed by atoms with van der Waals surface area (Å²) in [5, 5.41) is 3.34. The first kappa shape index (κ1) is 13.1. The number of anilines is 2. The van der Waals surface area contributed by atoms with E-state index < -0.39 is 0 Å². The van der Waals surface area contributed by atoms with Gasteiger partial charge in [0.15, 0.2) is 0 Å². The van der Waals surface area contributed by atoms with Gasteiger partial charge < -0.3 is 10.2 Å². The summed E-state index contributed by atoms with van der Waals surface area (Å²) >= 11 is 0. The van der Waals surface area contributed by atoms with Crippen molar-refractivity contribution in [3.05, 3.63) is 11.9 Å². The molecule has 0 spiro atoms. The van der Waals surface area contributed by atoms with Gasteiger partial charge in [-0.1, -0.05) is 19.8 Å². The normalized spacial score (nSPS) is 15.9. The van der Waals surface area contributed by atoms with E-state index in [0.29, 0.717) is 6.04 Å². The average molecular weight is 248 g/mol. The Morgan fingerprint density at radius 3 is 2.61 bits per heavy atom. The van der Waals surface area contributed by atoms with E-state index in [0.717, 1.165) is 24.6 Å². The first-order valence-electron chi connectivity index (χ1n) is 7.08. The van der Waals surface area contributed by atoms with E-state index >= 15 is 0 Å². The number of nitrogens with one attached hydrogen (secondary N) is 1. The summed E-state index contributed by atoms with van der Waals surface area (Å²) in [6.07, 6.45) is 7.93. The predicted octanol–water partition coefficient (Wildman–Crippen LogP) is 2.85. The second kappa shape index (κ2) is 6.03. The Morgan fingerprint density at radius 2 is 2.00 bits per heavy atom. The predicted molar refractivity (Wildman–Crippen MR) is 76.2 cm³/mol. The van der Waals surface area contributed by atoms with Gasteiger partial charge in [-0.15, -0.1) is 0 Å². The first-order chi connectivity index (χ1) is 8.77. The van der Waals surface area contributed by atoms with E-state index in [2.05, 4.69) is 41.1 Å². The third kappa shape index (κ3) is 2.57. The molecule has 0 aliphatic heterocycles. The SMILES string of the molecule is CCNc1ncnc(N(C)C2CCCC2)c1CC. The van der Waals surface area contributed by atoms with Gasteiger partial charge in [0.2, 0.25) is 0 Å². The topological polar surface area (TPSA) is 41.1 Å². The Hall–Kier alpha value is -1.32. The third-order valence-electron chi connectivity index (χ3n) is 3.83. The highest BCUT2D eigenvalue weighted by Gasteiger charge is 2.23. The van der Waals surface area contributed by atoms with E-state index in [9.17, 15) is 0 Å². The fraction of sp³-hybridized carbons (Fsp3) is 0.714. The van der Waals surface area contributed by atoms with Crippen molar-refractivity contribution in [3.8, 4) is 0 Å². The molecular formula is C14H24N4. The molecule has 0 unspecified atom stereocenters. The molecule has 4 nitrogen and oxygen atoms in total. The lowest BCUT2D eigenvalue weighted by molar-refractivity contribution is 0.642. The zero-order valence-corrected chi connectivity index (χ0v) is 11.7. The van der Waals surface area contributed by atoms with Gasteiger partial charge in [0.05, 0.1) is 0 Å². The quantitative estimate of drug-likeness (QED) is 0.870. The summed E-state index contributed by atoms with van der Waals surface area (Å²) in [6.45, 7) is 5.17. The Kier molecular flexibility index (Phi) is 4.39. The van der Waals surface area contributed by atoms with Gasteiger partial charge in [0.25, 0.3) is 0 Å². The van der Waals surface area contributed by atoms with Gasteiger partial charge in [0, 0.05) is 25.2 Å². The van der Waals surface area contributed by atoms with Gasteiger partial charge in [-0.3, -0.25) is 0 Å². The Balaban J connectivity index is 2.27. The summed E-state index contributed by atoms with van der Waals surface area (Å²) < 4.78 is 0. The molecule has 0 aromatic carbocycles. The van der Waals surface area contributed by atoms with Crippen LogP contribution in [0.15, 0.2) is 6.33 Å². The van der Waals surface area contributed by atoms with Gasteiger partial charge in [-0.05, 0) is 26.2 Å². The summed E-state index contributed by atoms with van der Waals surface area (Å²) in [5.41, 5.74) is 1.24. The molecule has 2 rings (SSSR count). The lowest BCUT2D eigenvalue weighted by atomic mass is 10.1. The van der Waals surface area contributed by atoms with Gasteiger partial charge in [-0.2, -0.15) is 0 Å². The van der Waals surface area contributed by atoms with Crippen molar-refractivity contribution in [1.82, 2.24) is 9.97 Å². The van der Waals surface area contributed by atoms with Crippen LogP contribution in [0.25, 0.3) is 0 Å². The minimum atomic E-state index is 0.652. The summed E-state index contributed by atoms with van der Waals surface area (Å²) in [7, 11) is 2.17. The van der Waals surface area contributed by atoms with Crippen molar-refractivity contribution in [2.45, 2.75) is 52.0 Å². The number of nitrogens with zero attached hydrogens (tertiary/aromatic N) is 3. The molecule has 1 fully saturated rings. The highest BCUT2D eigenvalue weighted by atomic mass is 15.2. The van der Waals surface area contributed by atoms with Gasteiger partial charge >= 0.3 is 0 Å². The van der Waals surface area contributed by atoms with E-state index in [4.69, 9.17) is 0 Å². The number of hydrogen-bond acceptors (Lipinski definition) is 4. The molecule has 0 atom stereocenters. The van der Waals surface area contributed by atoms with Crippen LogP contribution >= 0.6 is 0 Å². The second-order valence-electron chi connectivity index (χ2n) is 4.96. The van der Waals surface area contributed by atoms with Crippen LogP contribution in [0.2, 0.25) is 0 Å². The summed E-state index contributed by atoms with van der Waals surface area (Å²) in [4.78, 5) is 11.2. The smallest absolute Gasteiger partial charge is 0.137 e. The molecule has 1 N–H and O–H groups in total. The summed E-state index contributed by atoms with van der Waals surface area (Å²) in [6, 6.07) is 0.652. The van der Waals surface area contributed by atoms with Crippen LogP contribution in [0.5, 0.6) is 0 Å². The van der Waals surface area contributed by atoms with Crippen LogP contribution in [0.4, 0.5) is 11.6 Å². The second-order valence-corrected chi connectivity index (χ2v) is 4.96. The van der Waals surface area contributed by atoms with Crippen molar-refractivity contribution >= 4 is 11.6 Å². The molecule has 1 aromatic rings. The Morgan fingerprint density at radius 1 is 1.28 bits per heavy atom. The lowest BCUT2D eigenvalue weighted by Gasteiger charge is -2.27. The van der Waals surface area contributed by atoms with E-state index in [1.54, 1.807) is 6.33 Å². The molecule has 0 bridgehead atoms. The zero-order chi connectivity index (χ0) is 13.0. The number of rotatable bonds is 5. The molecule has 0 saturated heterocycles. The average Bonchev–Trinajstić information content (AvgIpc) is 2.92. The van der Waals surface area contributed by atoms with Crippen LogP contribution in [0.1, 0.15) is 45.1 Å². The maximum absolute atomic E-state index is 4.51. The monoisotopic (exact) mass is 248 g/mol. The number of hydrogen-bond donors (Lipinski definition) is 1. The maximum atomic E-state index is 4.51. The van der Waals surface area contributed by atoms with Crippen LogP contribution < -0.4 is 10.2 Å². The molecule has 1 saturated carbocycles. The van der Waals surface area contributed by atoms with Crippen molar-refractivity contribution in [3.63, 3.8) is 0 Å². The number of aromatic nitrogens is 2. The largest absolute Gasteiger partial charge is 0.370 e. The Labute approximate surface area is 110 Å². The van der Waals surface area contributed by atoms with Crippen LogP contribution in [-0.4, -0.2) is 29.6 Å². The molecule has 1 aromatic heterocycles.